The third-order valence-electron chi connectivity index (χ3n) is 5.04. The van der Waals surface area contributed by atoms with Gasteiger partial charge in [0, 0.05) is 6.42 Å². The Kier molecular flexibility index (Phi) is 7.62. The zero-order chi connectivity index (χ0) is 25.2. The molecule has 186 valence electrons. The summed E-state index contributed by atoms with van der Waals surface area (Å²) in [4.78, 5) is 24.7. The molecule has 7 nitrogen and oxygen atoms in total. The highest BCUT2D eigenvalue weighted by Crippen LogP contribution is 2.40. The summed E-state index contributed by atoms with van der Waals surface area (Å²) in [7, 11) is 0. The molecule has 10 heteroatoms. The standard InChI is InChI=1S/C23H33F3N2O5/c1-20(2,3)32-18(29)27-16-10-11-22(31,13-17(16)28-19(30)33-21(4,5)6)14-8-7-9-15(12-14)23(24,25)26/h7-9,12,16-17,31H,10-11,13H2,1-6H3,(H,27,29)(H,28,30)/t16-,17-,22+/m0/s1. The summed E-state index contributed by atoms with van der Waals surface area (Å²) < 4.78 is 50.1. The van der Waals surface area contributed by atoms with Crippen molar-refractivity contribution >= 4 is 12.2 Å². The number of alkyl halides is 3. The van der Waals surface area contributed by atoms with E-state index in [0.717, 1.165) is 12.1 Å². The van der Waals surface area contributed by atoms with Crippen molar-refractivity contribution < 1.29 is 37.3 Å². The van der Waals surface area contributed by atoms with E-state index in [2.05, 4.69) is 10.6 Å². The van der Waals surface area contributed by atoms with Gasteiger partial charge < -0.3 is 25.2 Å². The average molecular weight is 475 g/mol. The van der Waals surface area contributed by atoms with Crippen LogP contribution >= 0.6 is 0 Å². The Morgan fingerprint density at radius 3 is 1.97 bits per heavy atom. The number of carbonyl (C=O) groups excluding carboxylic acids is 2. The molecule has 0 radical (unpaired) electrons. The molecule has 1 aromatic rings. The Labute approximate surface area is 192 Å². The molecule has 0 spiro atoms. The number of benzene rings is 1. The van der Waals surface area contributed by atoms with Crippen LogP contribution in [0.1, 0.15) is 71.9 Å². The van der Waals surface area contributed by atoms with E-state index in [0.29, 0.717) is 0 Å². The molecule has 0 aromatic heterocycles. The molecule has 1 aromatic carbocycles. The van der Waals surface area contributed by atoms with Crippen LogP contribution in [-0.4, -0.2) is 40.6 Å². The molecule has 3 N–H and O–H groups in total. The van der Waals surface area contributed by atoms with Gasteiger partial charge in [0.1, 0.15) is 11.2 Å². The second kappa shape index (κ2) is 9.40. The van der Waals surface area contributed by atoms with E-state index in [1.54, 1.807) is 41.5 Å². The molecule has 0 unspecified atom stereocenters. The maximum absolute atomic E-state index is 13.2. The number of carbonyl (C=O) groups is 2. The summed E-state index contributed by atoms with van der Waals surface area (Å²) in [5.41, 5.74) is -3.97. The van der Waals surface area contributed by atoms with Gasteiger partial charge in [-0.1, -0.05) is 12.1 Å². The van der Waals surface area contributed by atoms with E-state index in [1.165, 1.54) is 12.1 Å². The minimum absolute atomic E-state index is 0.0707. The molecule has 1 fully saturated rings. The van der Waals surface area contributed by atoms with Gasteiger partial charge >= 0.3 is 18.4 Å². The van der Waals surface area contributed by atoms with E-state index in [1.807, 2.05) is 0 Å². The van der Waals surface area contributed by atoms with Gasteiger partial charge in [-0.15, -0.1) is 0 Å². The Bertz CT molecular complexity index is 861. The topological polar surface area (TPSA) is 96.9 Å². The molecule has 1 aliphatic carbocycles. The highest BCUT2D eigenvalue weighted by Gasteiger charge is 2.43. The first-order valence-corrected chi connectivity index (χ1v) is 10.8. The second-order valence-electron chi connectivity index (χ2n) is 10.4. The van der Waals surface area contributed by atoms with Gasteiger partial charge in [-0.3, -0.25) is 0 Å². The summed E-state index contributed by atoms with van der Waals surface area (Å²) >= 11 is 0. The van der Waals surface area contributed by atoms with Crippen molar-refractivity contribution in [3.8, 4) is 0 Å². The zero-order valence-corrected chi connectivity index (χ0v) is 19.8. The smallest absolute Gasteiger partial charge is 0.416 e. The lowest BCUT2D eigenvalue weighted by Gasteiger charge is -2.42. The first kappa shape index (κ1) is 26.8. The predicted molar refractivity (Wildman–Crippen MR) is 116 cm³/mol. The number of hydrogen-bond donors (Lipinski definition) is 3. The van der Waals surface area contributed by atoms with Crippen LogP contribution in [0.3, 0.4) is 0 Å². The molecule has 33 heavy (non-hydrogen) atoms. The van der Waals surface area contributed by atoms with E-state index >= 15 is 0 Å². The van der Waals surface area contributed by atoms with Crippen LogP contribution in [0.5, 0.6) is 0 Å². The molecular formula is C23H33F3N2O5. The molecule has 2 amide bonds. The Balaban J connectivity index is 2.28. The molecule has 0 bridgehead atoms. The molecule has 0 saturated heterocycles. The van der Waals surface area contributed by atoms with Crippen LogP contribution < -0.4 is 10.6 Å². The van der Waals surface area contributed by atoms with Gasteiger partial charge in [-0.05, 0) is 72.1 Å². The fraction of sp³-hybridized carbons (Fsp3) is 0.652. The van der Waals surface area contributed by atoms with Crippen molar-refractivity contribution in [2.24, 2.45) is 0 Å². The van der Waals surface area contributed by atoms with Gasteiger partial charge in [0.2, 0.25) is 0 Å². The van der Waals surface area contributed by atoms with Crippen molar-refractivity contribution in [1.29, 1.82) is 0 Å². The quantitative estimate of drug-likeness (QED) is 0.581. The number of hydrogen-bond acceptors (Lipinski definition) is 5. The molecule has 2 rings (SSSR count). The summed E-state index contributed by atoms with van der Waals surface area (Å²) in [6.45, 7) is 10.2. The molecular weight excluding hydrogens is 441 g/mol. The second-order valence-corrected chi connectivity index (χ2v) is 10.4. The average Bonchev–Trinajstić information content (AvgIpc) is 2.60. The fourth-order valence-electron chi connectivity index (χ4n) is 3.69. The van der Waals surface area contributed by atoms with Gasteiger partial charge in [-0.25, -0.2) is 9.59 Å². The summed E-state index contributed by atoms with van der Waals surface area (Å²) in [6.07, 6.45) is -5.90. The van der Waals surface area contributed by atoms with E-state index in [-0.39, 0.29) is 24.8 Å². The van der Waals surface area contributed by atoms with Crippen molar-refractivity contribution in [3.63, 3.8) is 0 Å². The maximum atomic E-state index is 13.2. The molecule has 3 atom stereocenters. The zero-order valence-electron chi connectivity index (χ0n) is 19.8. The summed E-state index contributed by atoms with van der Waals surface area (Å²) in [5.74, 6) is 0. The highest BCUT2D eigenvalue weighted by molar-refractivity contribution is 5.70. The van der Waals surface area contributed by atoms with Crippen molar-refractivity contribution in [3.05, 3.63) is 35.4 Å². The normalized spacial score (nSPS) is 24.1. The number of aliphatic hydroxyl groups is 1. The predicted octanol–water partition coefficient (Wildman–Crippen LogP) is 4.86. The van der Waals surface area contributed by atoms with Crippen LogP contribution in [0, 0.1) is 0 Å². The van der Waals surface area contributed by atoms with Crippen LogP contribution in [0.25, 0.3) is 0 Å². The number of nitrogens with one attached hydrogen (secondary N) is 2. The lowest BCUT2D eigenvalue weighted by atomic mass is 9.74. The minimum atomic E-state index is -4.56. The van der Waals surface area contributed by atoms with Crippen LogP contribution in [0.15, 0.2) is 24.3 Å². The number of halogens is 3. The Hall–Kier alpha value is -2.49. The third kappa shape index (κ3) is 8.10. The van der Waals surface area contributed by atoms with Crippen molar-refractivity contribution in [1.82, 2.24) is 10.6 Å². The number of amides is 2. The Morgan fingerprint density at radius 2 is 1.48 bits per heavy atom. The first-order chi connectivity index (χ1) is 14.9. The van der Waals surface area contributed by atoms with Crippen LogP contribution in [0.2, 0.25) is 0 Å². The molecule has 0 heterocycles. The van der Waals surface area contributed by atoms with Gasteiger partial charge in [0.05, 0.1) is 23.2 Å². The minimum Gasteiger partial charge on any atom is -0.444 e. The molecule has 0 aliphatic heterocycles. The summed E-state index contributed by atoms with van der Waals surface area (Å²) in [5, 5.41) is 16.6. The van der Waals surface area contributed by atoms with E-state index < -0.39 is 52.8 Å². The Morgan fingerprint density at radius 1 is 0.970 bits per heavy atom. The monoisotopic (exact) mass is 474 g/mol. The number of ether oxygens (including phenoxy) is 2. The SMILES string of the molecule is CC(C)(C)OC(=O)N[C@H]1CC[C@](O)(c2cccc(C(F)(F)F)c2)C[C@@H]1NC(=O)OC(C)(C)C. The lowest BCUT2D eigenvalue weighted by Crippen LogP contribution is -2.58. The van der Waals surface area contributed by atoms with Gasteiger partial charge in [-0.2, -0.15) is 13.2 Å². The van der Waals surface area contributed by atoms with E-state index in [4.69, 9.17) is 9.47 Å². The van der Waals surface area contributed by atoms with Gasteiger partial charge in [0.15, 0.2) is 0 Å². The maximum Gasteiger partial charge on any atom is 0.416 e. The number of rotatable bonds is 3. The van der Waals surface area contributed by atoms with Crippen molar-refractivity contribution in [2.75, 3.05) is 0 Å². The molecule has 1 aliphatic rings. The van der Waals surface area contributed by atoms with Crippen LogP contribution in [-0.2, 0) is 21.3 Å². The summed E-state index contributed by atoms with van der Waals surface area (Å²) in [6, 6.07) is 3.04. The third-order valence-corrected chi connectivity index (χ3v) is 5.04. The largest absolute Gasteiger partial charge is 0.444 e. The number of alkyl carbamates (subject to hydrolysis) is 2. The highest BCUT2D eigenvalue weighted by atomic mass is 19.4. The first-order valence-electron chi connectivity index (χ1n) is 10.8. The van der Waals surface area contributed by atoms with Crippen LogP contribution in [0.4, 0.5) is 22.8 Å². The van der Waals surface area contributed by atoms with Gasteiger partial charge in [0.25, 0.3) is 0 Å². The van der Waals surface area contributed by atoms with E-state index in [9.17, 15) is 27.9 Å². The fourth-order valence-corrected chi connectivity index (χ4v) is 3.69. The van der Waals surface area contributed by atoms with Crippen molar-refractivity contribution in [2.45, 2.75) is 95.9 Å². The lowest BCUT2D eigenvalue weighted by molar-refractivity contribution is -0.137. The molecule has 1 saturated carbocycles.